The van der Waals surface area contributed by atoms with E-state index < -0.39 is 16.1 Å². The molecule has 8 nitrogen and oxygen atoms in total. The third-order valence-electron chi connectivity index (χ3n) is 4.12. The molecule has 2 aromatic rings. The molecule has 0 bridgehead atoms. The zero-order chi connectivity index (χ0) is 18.0. The van der Waals surface area contributed by atoms with Gasteiger partial charge in [0, 0.05) is 18.7 Å². The van der Waals surface area contributed by atoms with E-state index in [1.807, 2.05) is 0 Å². The van der Waals surface area contributed by atoms with Gasteiger partial charge < -0.3 is 4.90 Å². The molecule has 0 saturated carbocycles. The highest BCUT2D eigenvalue weighted by atomic mass is 32.2. The molecule has 1 aromatic heterocycles. The Hall–Kier alpha value is -2.26. The molecule has 3 rings (SSSR count). The van der Waals surface area contributed by atoms with E-state index in [9.17, 15) is 13.2 Å². The summed E-state index contributed by atoms with van der Waals surface area (Å²) in [6.45, 7) is 4.84. The van der Waals surface area contributed by atoms with E-state index in [1.165, 1.54) is 12.1 Å². The number of aromatic nitrogens is 3. The summed E-state index contributed by atoms with van der Waals surface area (Å²) in [6, 6.07) is 5.52. The van der Waals surface area contributed by atoms with E-state index in [0.29, 0.717) is 17.2 Å². The van der Waals surface area contributed by atoms with E-state index in [2.05, 4.69) is 19.9 Å². The fourth-order valence-electron chi connectivity index (χ4n) is 2.81. The first kappa shape index (κ1) is 17.6. The summed E-state index contributed by atoms with van der Waals surface area (Å²) in [5.74, 6) is 0.844. The Bertz CT molecular complexity index is 871. The largest absolute Gasteiger partial charge is 0.339 e. The Labute approximate surface area is 146 Å². The van der Waals surface area contributed by atoms with Gasteiger partial charge in [-0.3, -0.25) is 9.89 Å². The number of amides is 1. The standard InChI is InChI=1S/C16H21N5O3S/c1-11(15-17-12(2)18-19-15)20-25(23,24)14-7-5-6-13(10-14)16(22)21-8-3-4-9-21/h5-7,10-11,20H,3-4,8-9H2,1-2H3,(H,17,18,19)/t11-/m1/s1. The molecule has 25 heavy (non-hydrogen) atoms. The van der Waals surface area contributed by atoms with Crippen LogP contribution in [-0.4, -0.2) is 47.5 Å². The molecular weight excluding hydrogens is 342 g/mol. The Kier molecular flexibility index (Phi) is 4.87. The number of nitrogens with one attached hydrogen (secondary N) is 2. The third kappa shape index (κ3) is 3.88. The summed E-state index contributed by atoms with van der Waals surface area (Å²) in [5, 5.41) is 6.65. The van der Waals surface area contributed by atoms with Crippen molar-refractivity contribution in [3.05, 3.63) is 41.5 Å². The predicted molar refractivity (Wildman–Crippen MR) is 91.4 cm³/mol. The molecule has 1 aliphatic heterocycles. The number of likely N-dealkylation sites (tertiary alicyclic amines) is 1. The normalized spacial score (nSPS) is 16.2. The summed E-state index contributed by atoms with van der Waals surface area (Å²) < 4.78 is 27.8. The molecule has 0 spiro atoms. The number of aromatic amines is 1. The van der Waals surface area contributed by atoms with Crippen molar-refractivity contribution in [3.8, 4) is 0 Å². The third-order valence-corrected chi connectivity index (χ3v) is 5.66. The summed E-state index contributed by atoms with van der Waals surface area (Å²) in [7, 11) is -3.79. The highest BCUT2D eigenvalue weighted by molar-refractivity contribution is 7.89. The van der Waals surface area contributed by atoms with Crippen LogP contribution in [0.1, 0.15) is 47.8 Å². The van der Waals surface area contributed by atoms with Crippen molar-refractivity contribution in [2.24, 2.45) is 0 Å². The number of aryl methyl sites for hydroxylation is 1. The summed E-state index contributed by atoms with van der Waals surface area (Å²) >= 11 is 0. The number of H-pyrrole nitrogens is 1. The summed E-state index contributed by atoms with van der Waals surface area (Å²) in [6.07, 6.45) is 1.97. The molecule has 0 aliphatic carbocycles. The maximum Gasteiger partial charge on any atom is 0.253 e. The minimum Gasteiger partial charge on any atom is -0.339 e. The molecule has 1 amide bonds. The number of benzene rings is 1. The second kappa shape index (κ2) is 6.93. The van der Waals surface area contributed by atoms with Crippen LogP contribution in [0, 0.1) is 6.92 Å². The minimum absolute atomic E-state index is 0.0525. The van der Waals surface area contributed by atoms with Gasteiger partial charge in [0.05, 0.1) is 10.9 Å². The first-order chi connectivity index (χ1) is 11.9. The van der Waals surface area contributed by atoms with Crippen LogP contribution in [0.2, 0.25) is 0 Å². The number of hydrogen-bond donors (Lipinski definition) is 2. The highest BCUT2D eigenvalue weighted by Gasteiger charge is 2.24. The van der Waals surface area contributed by atoms with Crippen molar-refractivity contribution >= 4 is 15.9 Å². The van der Waals surface area contributed by atoms with E-state index in [0.717, 1.165) is 25.9 Å². The van der Waals surface area contributed by atoms with Gasteiger partial charge in [0.2, 0.25) is 10.0 Å². The van der Waals surface area contributed by atoms with Gasteiger partial charge in [0.1, 0.15) is 5.82 Å². The topological polar surface area (TPSA) is 108 Å². The van der Waals surface area contributed by atoms with E-state index in [-0.39, 0.29) is 10.8 Å². The fourth-order valence-corrected chi connectivity index (χ4v) is 4.05. The van der Waals surface area contributed by atoms with E-state index in [1.54, 1.807) is 30.9 Å². The number of carbonyl (C=O) groups excluding carboxylic acids is 1. The molecule has 0 radical (unpaired) electrons. The molecule has 0 unspecified atom stereocenters. The van der Waals surface area contributed by atoms with Crippen LogP contribution in [0.3, 0.4) is 0 Å². The Morgan fingerprint density at radius 2 is 2.04 bits per heavy atom. The smallest absolute Gasteiger partial charge is 0.253 e. The number of sulfonamides is 1. The lowest BCUT2D eigenvalue weighted by molar-refractivity contribution is 0.0792. The average Bonchev–Trinajstić information content (AvgIpc) is 3.25. The van der Waals surface area contributed by atoms with Crippen molar-refractivity contribution in [3.63, 3.8) is 0 Å². The molecule has 1 aliphatic rings. The Morgan fingerprint density at radius 1 is 1.32 bits per heavy atom. The van der Waals surface area contributed by atoms with Crippen LogP contribution in [-0.2, 0) is 10.0 Å². The van der Waals surface area contributed by atoms with Crippen LogP contribution in [0.25, 0.3) is 0 Å². The zero-order valence-corrected chi connectivity index (χ0v) is 15.0. The van der Waals surface area contributed by atoms with E-state index >= 15 is 0 Å². The van der Waals surface area contributed by atoms with Gasteiger partial charge in [-0.1, -0.05) is 6.07 Å². The van der Waals surface area contributed by atoms with E-state index in [4.69, 9.17) is 0 Å². The van der Waals surface area contributed by atoms with Crippen molar-refractivity contribution in [1.82, 2.24) is 24.8 Å². The molecule has 134 valence electrons. The lowest BCUT2D eigenvalue weighted by Gasteiger charge is -2.16. The molecule has 9 heteroatoms. The van der Waals surface area contributed by atoms with Crippen LogP contribution >= 0.6 is 0 Å². The Balaban J connectivity index is 1.80. The van der Waals surface area contributed by atoms with Gasteiger partial charge in [-0.05, 0) is 44.9 Å². The van der Waals surface area contributed by atoms with Gasteiger partial charge in [-0.15, -0.1) is 0 Å². The fraction of sp³-hybridized carbons (Fsp3) is 0.438. The maximum atomic E-state index is 12.6. The van der Waals surface area contributed by atoms with Crippen LogP contribution in [0.4, 0.5) is 0 Å². The number of hydrogen-bond acceptors (Lipinski definition) is 5. The molecule has 1 fully saturated rings. The van der Waals surface area contributed by atoms with Crippen molar-refractivity contribution in [2.45, 2.75) is 37.6 Å². The van der Waals surface area contributed by atoms with Crippen LogP contribution in [0.5, 0.6) is 0 Å². The van der Waals surface area contributed by atoms with Gasteiger partial charge in [-0.2, -0.15) is 5.10 Å². The van der Waals surface area contributed by atoms with Crippen LogP contribution in [0.15, 0.2) is 29.2 Å². The first-order valence-electron chi connectivity index (χ1n) is 8.17. The second-order valence-electron chi connectivity index (χ2n) is 6.15. The van der Waals surface area contributed by atoms with Crippen molar-refractivity contribution in [1.29, 1.82) is 0 Å². The molecule has 2 heterocycles. The summed E-state index contributed by atoms with van der Waals surface area (Å²) in [4.78, 5) is 18.4. The zero-order valence-electron chi connectivity index (χ0n) is 14.2. The summed E-state index contributed by atoms with van der Waals surface area (Å²) in [5.41, 5.74) is 0.381. The maximum absolute atomic E-state index is 12.6. The molecular formula is C16H21N5O3S. The second-order valence-corrected chi connectivity index (χ2v) is 7.86. The lowest BCUT2D eigenvalue weighted by atomic mass is 10.2. The van der Waals surface area contributed by atoms with Crippen LogP contribution < -0.4 is 4.72 Å². The number of nitrogens with zero attached hydrogens (tertiary/aromatic N) is 3. The molecule has 2 N–H and O–H groups in total. The van der Waals surface area contributed by atoms with Gasteiger partial charge in [0.15, 0.2) is 5.82 Å². The van der Waals surface area contributed by atoms with Gasteiger partial charge in [0.25, 0.3) is 5.91 Å². The van der Waals surface area contributed by atoms with Crippen molar-refractivity contribution in [2.75, 3.05) is 13.1 Å². The quantitative estimate of drug-likeness (QED) is 0.834. The number of rotatable bonds is 5. The van der Waals surface area contributed by atoms with Gasteiger partial charge in [-0.25, -0.2) is 18.1 Å². The SMILES string of the molecule is Cc1nc([C@@H](C)NS(=O)(=O)c2cccc(C(=O)N3CCCC3)c2)n[nH]1. The molecule has 1 aromatic carbocycles. The average molecular weight is 363 g/mol. The molecule has 1 saturated heterocycles. The predicted octanol–water partition coefficient (Wildman–Crippen LogP) is 1.39. The minimum atomic E-state index is -3.79. The Morgan fingerprint density at radius 3 is 2.68 bits per heavy atom. The van der Waals surface area contributed by atoms with Gasteiger partial charge >= 0.3 is 0 Å². The monoisotopic (exact) mass is 363 g/mol. The van der Waals surface area contributed by atoms with Crippen molar-refractivity contribution < 1.29 is 13.2 Å². The first-order valence-corrected chi connectivity index (χ1v) is 9.66. The lowest BCUT2D eigenvalue weighted by Crippen LogP contribution is -2.29. The highest BCUT2D eigenvalue weighted by Crippen LogP contribution is 2.18. The number of carbonyl (C=O) groups is 1. The molecule has 1 atom stereocenters.